The Morgan fingerprint density at radius 1 is 1.27 bits per heavy atom. The zero-order valence-corrected chi connectivity index (χ0v) is 8.77. The second kappa shape index (κ2) is 3.65. The van der Waals surface area contributed by atoms with Crippen molar-refractivity contribution in [3.63, 3.8) is 0 Å². The largest absolute Gasteiger partial charge is 0.361 e. The van der Waals surface area contributed by atoms with Crippen molar-refractivity contribution < 1.29 is 8.78 Å². The van der Waals surface area contributed by atoms with Gasteiger partial charge in [-0.25, -0.2) is 8.78 Å². The third kappa shape index (κ3) is 1.62. The lowest BCUT2D eigenvalue weighted by molar-refractivity contribution is 0.510. The molecule has 0 bridgehead atoms. The summed E-state index contributed by atoms with van der Waals surface area (Å²) in [5.41, 5.74) is 1.70. The molecule has 3 heteroatoms. The molecule has 0 radical (unpaired) electrons. The van der Waals surface area contributed by atoms with Crippen molar-refractivity contribution >= 4 is 10.9 Å². The Kier molecular flexibility index (Phi) is 2.47. The molecule has 80 valence electrons. The Bertz CT molecular complexity index is 488. The zero-order valence-electron chi connectivity index (χ0n) is 8.77. The van der Waals surface area contributed by atoms with Crippen LogP contribution in [0, 0.1) is 11.6 Å². The molecule has 0 spiro atoms. The van der Waals surface area contributed by atoms with Gasteiger partial charge in [0.1, 0.15) is 0 Å². The van der Waals surface area contributed by atoms with E-state index in [1.807, 2.05) is 6.20 Å². The quantitative estimate of drug-likeness (QED) is 0.770. The van der Waals surface area contributed by atoms with E-state index in [1.165, 1.54) is 12.1 Å². The van der Waals surface area contributed by atoms with Gasteiger partial charge < -0.3 is 4.98 Å². The highest BCUT2D eigenvalue weighted by molar-refractivity contribution is 5.83. The fourth-order valence-electron chi connectivity index (χ4n) is 1.77. The number of H-pyrrole nitrogens is 1. The topological polar surface area (TPSA) is 15.8 Å². The summed E-state index contributed by atoms with van der Waals surface area (Å²) in [6.07, 6.45) is 2.81. The van der Waals surface area contributed by atoms with E-state index in [2.05, 4.69) is 18.8 Å². The first kappa shape index (κ1) is 10.1. The summed E-state index contributed by atoms with van der Waals surface area (Å²) in [6, 6.07) is 2.47. The molecule has 1 aromatic heterocycles. The Balaban J connectivity index is 2.64. The molecule has 2 aromatic rings. The van der Waals surface area contributed by atoms with E-state index in [9.17, 15) is 8.78 Å². The molecule has 1 nitrogen and oxygen atoms in total. The molecule has 1 atom stereocenters. The van der Waals surface area contributed by atoms with E-state index < -0.39 is 11.6 Å². The molecule has 0 saturated carbocycles. The molecule has 0 aliphatic heterocycles. The normalized spacial score (nSPS) is 13.3. The van der Waals surface area contributed by atoms with Crippen molar-refractivity contribution in [2.24, 2.45) is 0 Å². The van der Waals surface area contributed by atoms with E-state index in [4.69, 9.17) is 0 Å². The molecule has 0 fully saturated rings. The zero-order chi connectivity index (χ0) is 11.0. The smallest absolute Gasteiger partial charge is 0.160 e. The predicted octanol–water partition coefficient (Wildman–Crippen LogP) is 3.96. The summed E-state index contributed by atoms with van der Waals surface area (Å²) in [5.74, 6) is -1.24. The van der Waals surface area contributed by atoms with E-state index in [-0.39, 0.29) is 0 Å². The van der Waals surface area contributed by atoms with Crippen LogP contribution in [-0.4, -0.2) is 4.98 Å². The molecular weight excluding hydrogens is 196 g/mol. The van der Waals surface area contributed by atoms with Gasteiger partial charge in [-0.3, -0.25) is 0 Å². The fraction of sp³-hybridized carbons (Fsp3) is 0.333. The van der Waals surface area contributed by atoms with E-state index >= 15 is 0 Å². The van der Waals surface area contributed by atoms with Gasteiger partial charge in [-0.1, -0.05) is 13.8 Å². The Morgan fingerprint density at radius 3 is 2.60 bits per heavy atom. The van der Waals surface area contributed by atoms with E-state index in [0.29, 0.717) is 11.4 Å². The molecule has 0 aliphatic carbocycles. The maximum absolute atomic E-state index is 13.1. The number of aromatic nitrogens is 1. The van der Waals surface area contributed by atoms with Crippen LogP contribution in [-0.2, 0) is 0 Å². The van der Waals surface area contributed by atoms with Gasteiger partial charge in [-0.05, 0) is 24.0 Å². The van der Waals surface area contributed by atoms with E-state index in [1.54, 1.807) is 0 Å². The molecule has 0 aliphatic rings. The summed E-state index contributed by atoms with van der Waals surface area (Å²) in [5, 5.41) is 0.781. The highest BCUT2D eigenvalue weighted by Gasteiger charge is 2.12. The van der Waals surface area contributed by atoms with Crippen molar-refractivity contribution in [1.29, 1.82) is 0 Å². The summed E-state index contributed by atoms with van der Waals surface area (Å²) >= 11 is 0. The summed E-state index contributed by atoms with van der Waals surface area (Å²) in [6.45, 7) is 4.15. The van der Waals surface area contributed by atoms with Gasteiger partial charge in [0, 0.05) is 23.2 Å². The van der Waals surface area contributed by atoms with Crippen molar-refractivity contribution in [2.75, 3.05) is 0 Å². The standard InChI is InChI=1S/C12H13F2N/c1-3-7(2)9-6-15-12-5-11(14)10(13)4-8(9)12/h4-7,15H,3H2,1-2H3/t7-/m0/s1. The highest BCUT2D eigenvalue weighted by atomic mass is 19.2. The number of aromatic amines is 1. The monoisotopic (exact) mass is 209 g/mol. The number of halogens is 2. The van der Waals surface area contributed by atoms with Gasteiger partial charge in [0.05, 0.1) is 0 Å². The van der Waals surface area contributed by atoms with Crippen molar-refractivity contribution in [3.8, 4) is 0 Å². The number of hydrogen-bond donors (Lipinski definition) is 1. The van der Waals surface area contributed by atoms with Gasteiger partial charge in [0.2, 0.25) is 0 Å². The Morgan fingerprint density at radius 2 is 1.93 bits per heavy atom. The van der Waals surface area contributed by atoms with Crippen LogP contribution in [0.4, 0.5) is 8.78 Å². The molecule has 1 heterocycles. The lowest BCUT2D eigenvalue weighted by Gasteiger charge is -2.06. The summed E-state index contributed by atoms with van der Waals surface area (Å²) in [7, 11) is 0. The van der Waals surface area contributed by atoms with Gasteiger partial charge in [0.25, 0.3) is 0 Å². The molecule has 0 saturated heterocycles. The minimum Gasteiger partial charge on any atom is -0.361 e. The summed E-state index contributed by atoms with van der Waals surface area (Å²) < 4.78 is 26.0. The van der Waals surface area contributed by atoms with Crippen LogP contribution in [0.25, 0.3) is 10.9 Å². The van der Waals surface area contributed by atoms with Crippen LogP contribution < -0.4 is 0 Å². The lowest BCUT2D eigenvalue weighted by atomic mass is 9.98. The van der Waals surface area contributed by atoms with E-state index in [0.717, 1.165) is 17.4 Å². The Hall–Kier alpha value is -1.38. The number of hydrogen-bond acceptors (Lipinski definition) is 0. The molecular formula is C12H13F2N. The lowest BCUT2D eigenvalue weighted by Crippen LogP contribution is -1.90. The number of fused-ring (bicyclic) bond motifs is 1. The second-order valence-electron chi connectivity index (χ2n) is 3.87. The first-order chi connectivity index (χ1) is 7.13. The molecule has 15 heavy (non-hydrogen) atoms. The predicted molar refractivity (Wildman–Crippen MR) is 56.9 cm³/mol. The molecule has 2 rings (SSSR count). The van der Waals surface area contributed by atoms with Crippen LogP contribution in [0.15, 0.2) is 18.3 Å². The second-order valence-corrected chi connectivity index (χ2v) is 3.87. The van der Waals surface area contributed by atoms with Gasteiger partial charge in [0.15, 0.2) is 11.6 Å². The van der Waals surface area contributed by atoms with Crippen LogP contribution >= 0.6 is 0 Å². The molecule has 1 aromatic carbocycles. The maximum Gasteiger partial charge on any atom is 0.160 e. The first-order valence-corrected chi connectivity index (χ1v) is 5.09. The number of nitrogens with one attached hydrogen (secondary N) is 1. The third-order valence-corrected chi connectivity index (χ3v) is 2.90. The SMILES string of the molecule is CC[C@H](C)c1c[nH]c2cc(F)c(F)cc12. The van der Waals surface area contributed by atoms with Crippen molar-refractivity contribution in [2.45, 2.75) is 26.2 Å². The van der Waals surface area contributed by atoms with Crippen LogP contribution in [0.5, 0.6) is 0 Å². The number of benzene rings is 1. The maximum atomic E-state index is 13.1. The minimum atomic E-state index is -0.806. The highest BCUT2D eigenvalue weighted by Crippen LogP contribution is 2.28. The van der Waals surface area contributed by atoms with Crippen LogP contribution in [0.3, 0.4) is 0 Å². The minimum absolute atomic E-state index is 0.351. The fourth-order valence-corrected chi connectivity index (χ4v) is 1.77. The third-order valence-electron chi connectivity index (χ3n) is 2.90. The number of rotatable bonds is 2. The van der Waals surface area contributed by atoms with Crippen LogP contribution in [0.1, 0.15) is 31.7 Å². The average Bonchev–Trinajstić information content (AvgIpc) is 2.61. The van der Waals surface area contributed by atoms with Gasteiger partial charge in [-0.2, -0.15) is 0 Å². The molecule has 0 amide bonds. The van der Waals surface area contributed by atoms with Crippen molar-refractivity contribution in [3.05, 3.63) is 35.5 Å². The van der Waals surface area contributed by atoms with Gasteiger partial charge >= 0.3 is 0 Å². The summed E-state index contributed by atoms with van der Waals surface area (Å²) in [4.78, 5) is 2.96. The molecule has 0 unspecified atom stereocenters. The first-order valence-electron chi connectivity index (χ1n) is 5.09. The Labute approximate surface area is 87.1 Å². The average molecular weight is 209 g/mol. The van der Waals surface area contributed by atoms with Crippen molar-refractivity contribution in [1.82, 2.24) is 4.98 Å². The van der Waals surface area contributed by atoms with Gasteiger partial charge in [-0.15, -0.1) is 0 Å². The molecule has 1 N–H and O–H groups in total. The van der Waals surface area contributed by atoms with Crippen LogP contribution in [0.2, 0.25) is 0 Å².